The summed E-state index contributed by atoms with van der Waals surface area (Å²) in [6.07, 6.45) is 1.44. The molecule has 29 heavy (non-hydrogen) atoms. The average molecular weight is 399 g/mol. The van der Waals surface area contributed by atoms with Gasteiger partial charge >= 0.3 is 6.03 Å². The second-order valence-electron chi connectivity index (χ2n) is 7.07. The Balaban J connectivity index is 1.35. The van der Waals surface area contributed by atoms with E-state index < -0.39 is 0 Å². The number of ether oxygens (including phenoxy) is 2. The van der Waals surface area contributed by atoms with Crippen LogP contribution in [0.25, 0.3) is 0 Å². The number of benzene rings is 2. The second-order valence-corrected chi connectivity index (χ2v) is 7.07. The summed E-state index contributed by atoms with van der Waals surface area (Å²) in [6.45, 7) is 1.88. The van der Waals surface area contributed by atoms with E-state index in [0.29, 0.717) is 55.6 Å². The zero-order valence-electron chi connectivity index (χ0n) is 15.8. The molecule has 2 heterocycles. The highest BCUT2D eigenvalue weighted by molar-refractivity contribution is 5.94. The zero-order chi connectivity index (χ0) is 20.2. The Bertz CT molecular complexity index is 903. The van der Waals surface area contributed by atoms with E-state index in [9.17, 15) is 14.0 Å². The fraction of sp³-hybridized carbons (Fsp3) is 0.333. The van der Waals surface area contributed by atoms with Crippen molar-refractivity contribution in [3.05, 3.63) is 48.3 Å². The predicted molar refractivity (Wildman–Crippen MR) is 106 cm³/mol. The molecular formula is C21H22FN3O4. The Morgan fingerprint density at radius 2 is 1.69 bits per heavy atom. The van der Waals surface area contributed by atoms with Crippen LogP contribution in [-0.2, 0) is 4.79 Å². The number of amides is 3. The van der Waals surface area contributed by atoms with Crippen LogP contribution in [0.15, 0.2) is 42.5 Å². The van der Waals surface area contributed by atoms with Gasteiger partial charge in [0.2, 0.25) is 5.91 Å². The molecule has 1 saturated heterocycles. The fourth-order valence-corrected chi connectivity index (χ4v) is 3.48. The average Bonchev–Trinajstić information content (AvgIpc) is 2.75. The lowest BCUT2D eigenvalue weighted by atomic mass is 9.97. The number of piperidine rings is 1. The number of carbonyl (C=O) groups is 2. The van der Waals surface area contributed by atoms with Gasteiger partial charge in [-0.2, -0.15) is 0 Å². The SMILES string of the molecule is O=C(Nc1ccc2c(c1)OCCO2)C1CCCN(C(=O)Nc2ccc(F)cc2)C1. The summed E-state index contributed by atoms with van der Waals surface area (Å²) in [6, 6.07) is 10.6. The first kappa shape index (κ1) is 19.0. The van der Waals surface area contributed by atoms with Crippen molar-refractivity contribution in [2.75, 3.05) is 36.9 Å². The predicted octanol–water partition coefficient (Wildman–Crippen LogP) is 3.48. The topological polar surface area (TPSA) is 79.9 Å². The van der Waals surface area contributed by atoms with Crippen LogP contribution in [0.2, 0.25) is 0 Å². The molecule has 0 aliphatic carbocycles. The van der Waals surface area contributed by atoms with E-state index in [4.69, 9.17) is 9.47 Å². The normalized spacial score (nSPS) is 18.1. The lowest BCUT2D eigenvalue weighted by Gasteiger charge is -2.32. The Hall–Kier alpha value is -3.29. The molecule has 4 rings (SSSR count). The van der Waals surface area contributed by atoms with Crippen molar-refractivity contribution in [3.8, 4) is 11.5 Å². The van der Waals surface area contributed by atoms with Crippen LogP contribution < -0.4 is 20.1 Å². The van der Waals surface area contributed by atoms with E-state index in [1.165, 1.54) is 24.3 Å². The molecule has 0 bridgehead atoms. The van der Waals surface area contributed by atoms with Crippen LogP contribution in [0.1, 0.15) is 12.8 Å². The summed E-state index contributed by atoms with van der Waals surface area (Å²) in [7, 11) is 0. The Morgan fingerprint density at radius 3 is 2.48 bits per heavy atom. The minimum atomic E-state index is -0.364. The molecule has 2 aliphatic heterocycles. The van der Waals surface area contributed by atoms with Gasteiger partial charge in [0.1, 0.15) is 19.0 Å². The van der Waals surface area contributed by atoms with Gasteiger partial charge in [-0.25, -0.2) is 9.18 Å². The van der Waals surface area contributed by atoms with Gasteiger partial charge in [-0.3, -0.25) is 4.79 Å². The number of halogens is 1. The monoisotopic (exact) mass is 399 g/mol. The number of anilines is 2. The van der Waals surface area contributed by atoms with Gasteiger partial charge in [0, 0.05) is 30.5 Å². The van der Waals surface area contributed by atoms with E-state index in [-0.39, 0.29) is 23.7 Å². The molecule has 0 spiro atoms. The smallest absolute Gasteiger partial charge is 0.321 e. The van der Waals surface area contributed by atoms with E-state index in [2.05, 4.69) is 10.6 Å². The van der Waals surface area contributed by atoms with Gasteiger partial charge in [0.15, 0.2) is 11.5 Å². The minimum absolute atomic E-state index is 0.138. The third-order valence-corrected chi connectivity index (χ3v) is 4.98. The number of nitrogens with one attached hydrogen (secondary N) is 2. The molecular weight excluding hydrogens is 377 g/mol. The van der Waals surface area contributed by atoms with Gasteiger partial charge in [0.05, 0.1) is 5.92 Å². The highest BCUT2D eigenvalue weighted by atomic mass is 19.1. The number of fused-ring (bicyclic) bond motifs is 1. The molecule has 1 unspecified atom stereocenters. The molecule has 2 aliphatic rings. The zero-order valence-corrected chi connectivity index (χ0v) is 15.8. The minimum Gasteiger partial charge on any atom is -0.486 e. The number of rotatable bonds is 3. The van der Waals surface area contributed by atoms with Gasteiger partial charge in [-0.1, -0.05) is 0 Å². The van der Waals surface area contributed by atoms with Crippen LogP contribution in [0.3, 0.4) is 0 Å². The van der Waals surface area contributed by atoms with Gasteiger partial charge < -0.3 is 25.0 Å². The molecule has 2 N–H and O–H groups in total. The first-order valence-corrected chi connectivity index (χ1v) is 9.60. The maximum atomic E-state index is 13.0. The summed E-state index contributed by atoms with van der Waals surface area (Å²) in [5.74, 6) is 0.460. The lowest BCUT2D eigenvalue weighted by Crippen LogP contribution is -2.45. The quantitative estimate of drug-likeness (QED) is 0.828. The van der Waals surface area contributed by atoms with E-state index >= 15 is 0 Å². The van der Waals surface area contributed by atoms with Crippen molar-refractivity contribution in [2.45, 2.75) is 12.8 Å². The molecule has 2 aromatic rings. The first-order chi connectivity index (χ1) is 14.1. The molecule has 7 nitrogen and oxygen atoms in total. The van der Waals surface area contributed by atoms with Gasteiger partial charge in [-0.15, -0.1) is 0 Å². The molecule has 152 valence electrons. The van der Waals surface area contributed by atoms with Crippen LogP contribution in [0, 0.1) is 11.7 Å². The Morgan fingerprint density at radius 1 is 0.966 bits per heavy atom. The van der Waals surface area contributed by atoms with Crippen molar-refractivity contribution < 1.29 is 23.5 Å². The first-order valence-electron chi connectivity index (χ1n) is 9.60. The molecule has 2 aromatic carbocycles. The summed E-state index contributed by atoms with van der Waals surface area (Å²) >= 11 is 0. The highest BCUT2D eigenvalue weighted by Gasteiger charge is 2.29. The van der Waals surface area contributed by atoms with Crippen LogP contribution in [0.5, 0.6) is 11.5 Å². The van der Waals surface area contributed by atoms with Crippen molar-refractivity contribution in [1.82, 2.24) is 4.90 Å². The molecule has 3 amide bonds. The maximum absolute atomic E-state index is 13.0. The lowest BCUT2D eigenvalue weighted by molar-refractivity contribution is -0.121. The van der Waals surface area contributed by atoms with Crippen molar-refractivity contribution in [3.63, 3.8) is 0 Å². The van der Waals surface area contributed by atoms with E-state index in [0.717, 1.165) is 6.42 Å². The molecule has 0 saturated carbocycles. The third kappa shape index (κ3) is 4.59. The Labute approximate surface area is 167 Å². The standard InChI is InChI=1S/C21H22FN3O4/c22-15-3-5-16(6-4-15)24-21(27)25-9-1-2-14(13-25)20(26)23-17-7-8-18-19(12-17)29-11-10-28-18/h3-8,12,14H,1-2,9-11,13H2,(H,23,26)(H,24,27). The molecule has 8 heteroatoms. The van der Waals surface area contributed by atoms with Gasteiger partial charge in [0.25, 0.3) is 0 Å². The van der Waals surface area contributed by atoms with Crippen LogP contribution in [-0.4, -0.2) is 43.1 Å². The summed E-state index contributed by atoms with van der Waals surface area (Å²) < 4.78 is 24.0. The largest absolute Gasteiger partial charge is 0.486 e. The number of carbonyl (C=O) groups excluding carboxylic acids is 2. The number of hydrogen-bond donors (Lipinski definition) is 2. The summed E-state index contributed by atoms with van der Waals surface area (Å²) in [5, 5.41) is 5.64. The van der Waals surface area contributed by atoms with Crippen LogP contribution in [0.4, 0.5) is 20.6 Å². The number of nitrogens with zero attached hydrogens (tertiary/aromatic N) is 1. The summed E-state index contributed by atoms with van der Waals surface area (Å²) in [4.78, 5) is 26.8. The number of hydrogen-bond acceptors (Lipinski definition) is 4. The van der Waals surface area contributed by atoms with Gasteiger partial charge in [-0.05, 0) is 49.2 Å². The molecule has 1 fully saturated rings. The fourth-order valence-electron chi connectivity index (χ4n) is 3.48. The highest BCUT2D eigenvalue weighted by Crippen LogP contribution is 2.33. The van der Waals surface area contributed by atoms with Crippen molar-refractivity contribution in [1.29, 1.82) is 0 Å². The third-order valence-electron chi connectivity index (χ3n) is 4.98. The maximum Gasteiger partial charge on any atom is 0.321 e. The van der Waals surface area contributed by atoms with Crippen molar-refractivity contribution >= 4 is 23.3 Å². The van der Waals surface area contributed by atoms with E-state index in [1.807, 2.05) is 0 Å². The number of likely N-dealkylation sites (tertiary alicyclic amines) is 1. The van der Waals surface area contributed by atoms with Crippen LogP contribution >= 0.6 is 0 Å². The summed E-state index contributed by atoms with van der Waals surface area (Å²) in [5.41, 5.74) is 1.14. The van der Waals surface area contributed by atoms with E-state index in [1.54, 1.807) is 23.1 Å². The molecule has 1 atom stereocenters. The molecule has 0 aromatic heterocycles. The van der Waals surface area contributed by atoms with Crippen molar-refractivity contribution in [2.24, 2.45) is 5.92 Å². The second kappa shape index (κ2) is 8.38. The Kier molecular flexibility index (Phi) is 5.50. The molecule has 0 radical (unpaired) electrons. The number of urea groups is 1.